The summed E-state index contributed by atoms with van der Waals surface area (Å²) in [6, 6.07) is 7.10. The zero-order valence-corrected chi connectivity index (χ0v) is 32.4. The van der Waals surface area contributed by atoms with Gasteiger partial charge in [0.1, 0.15) is 42.0 Å². The van der Waals surface area contributed by atoms with Gasteiger partial charge in [0.15, 0.2) is 0 Å². The van der Waals surface area contributed by atoms with Crippen LogP contribution in [0.3, 0.4) is 0 Å². The molecule has 0 aliphatic heterocycles. The Labute approximate surface area is 332 Å². The van der Waals surface area contributed by atoms with E-state index in [1.54, 1.807) is 29.6 Å². The molecule has 0 bridgehead atoms. The zero-order valence-electron chi connectivity index (χ0n) is 31.5. The van der Waals surface area contributed by atoms with Crippen LogP contribution in [0.5, 0.6) is 5.75 Å². The van der Waals surface area contributed by atoms with Gasteiger partial charge < -0.3 is 46.9 Å². The Morgan fingerprint density at radius 2 is 1.42 bits per heavy atom. The quantitative estimate of drug-likeness (QED) is 0.0393. The summed E-state index contributed by atoms with van der Waals surface area (Å²) in [6.45, 7) is 0.645. The van der Waals surface area contributed by atoms with E-state index in [0.717, 1.165) is 11.8 Å². The lowest BCUT2D eigenvalue weighted by Gasteiger charge is -2.32. The molecule has 0 saturated heterocycles. The van der Waals surface area contributed by atoms with Gasteiger partial charge in [0.05, 0.1) is 12.6 Å². The van der Waals surface area contributed by atoms with Gasteiger partial charge in [0.2, 0.25) is 29.5 Å². The van der Waals surface area contributed by atoms with Crippen LogP contribution in [0.2, 0.25) is 0 Å². The maximum absolute atomic E-state index is 13.9. The van der Waals surface area contributed by atoms with Crippen LogP contribution in [0.15, 0.2) is 66.0 Å². The molecule has 0 aliphatic rings. The summed E-state index contributed by atoms with van der Waals surface area (Å²) in [5, 5.41) is 32.0. The van der Waals surface area contributed by atoms with Gasteiger partial charge in [0.25, 0.3) is 0 Å². The number of aliphatic hydroxyl groups excluding tert-OH is 1. The Balaban J connectivity index is 1.86. The number of likely N-dealkylation sites (N-methyl/N-ethyl adjacent to an activating group) is 1. The number of aliphatic hydroxyl groups is 1. The third-order valence-electron chi connectivity index (χ3n) is 8.69. The predicted octanol–water partition coefficient (Wildman–Crippen LogP) is -0.0588. The molecule has 3 rings (SSSR count). The minimum absolute atomic E-state index is 0.0248. The van der Waals surface area contributed by atoms with Crippen molar-refractivity contribution in [3.05, 3.63) is 87.9 Å². The van der Waals surface area contributed by atoms with E-state index in [2.05, 4.69) is 32.1 Å². The fourth-order valence-electron chi connectivity index (χ4n) is 5.60. The van der Waals surface area contributed by atoms with Crippen molar-refractivity contribution in [1.82, 2.24) is 37.0 Å². The maximum atomic E-state index is 13.9. The number of nitrogens with two attached hydrogens (primary N) is 1. The number of carbonyl (C=O) groups is 7. The van der Waals surface area contributed by atoms with Crippen molar-refractivity contribution < 1.29 is 48.2 Å². The number of thiophene rings is 1. The lowest BCUT2D eigenvalue weighted by Crippen LogP contribution is -2.61. The summed E-state index contributed by atoms with van der Waals surface area (Å²) in [4.78, 5) is 92.7. The Morgan fingerprint density at radius 3 is 2.00 bits per heavy atom. The van der Waals surface area contributed by atoms with E-state index < -0.39 is 78.2 Å². The van der Waals surface area contributed by atoms with Crippen molar-refractivity contribution in [3.63, 3.8) is 0 Å². The lowest BCUT2D eigenvalue weighted by atomic mass is 10.0. The number of hydrogen-bond acceptors (Lipinski definition) is 11. The second kappa shape index (κ2) is 23.2. The summed E-state index contributed by atoms with van der Waals surface area (Å²) < 4.78 is 13.6. The molecule has 10 N–H and O–H groups in total. The van der Waals surface area contributed by atoms with Crippen LogP contribution in [0.1, 0.15) is 42.2 Å². The molecular formula is C38H49FN8O9S. The fourth-order valence-corrected chi connectivity index (χ4v) is 6.35. The van der Waals surface area contributed by atoms with Crippen molar-refractivity contribution in [3.8, 4) is 5.75 Å². The number of nitrogens with one attached hydrogen (secondary N) is 6. The number of nitrogens with zero attached hydrogens (tertiary/aromatic N) is 1. The number of urea groups is 1. The number of aromatic hydroxyl groups is 1. The summed E-state index contributed by atoms with van der Waals surface area (Å²) in [6.07, 6.45) is 1.79. The number of amides is 7. The molecule has 3 aromatic rings. The monoisotopic (exact) mass is 812 g/mol. The van der Waals surface area contributed by atoms with Crippen molar-refractivity contribution in [2.75, 3.05) is 20.2 Å². The number of hydrogen-bond donors (Lipinski definition) is 9. The first-order valence-corrected chi connectivity index (χ1v) is 18.9. The number of benzene rings is 2. The van der Waals surface area contributed by atoms with Crippen molar-refractivity contribution in [1.29, 1.82) is 0 Å². The average molecular weight is 813 g/mol. The molecule has 1 aromatic heterocycles. The second-order valence-electron chi connectivity index (χ2n) is 13.1. The van der Waals surface area contributed by atoms with Gasteiger partial charge in [-0.3, -0.25) is 29.4 Å². The molecule has 2 aromatic carbocycles. The topological polar surface area (TPSA) is 261 Å². The van der Waals surface area contributed by atoms with E-state index in [1.165, 1.54) is 54.8 Å². The minimum Gasteiger partial charge on any atom is -0.508 e. The average Bonchev–Trinajstić information content (AvgIpc) is 3.71. The Kier molecular flexibility index (Phi) is 18.5. The molecule has 17 nitrogen and oxygen atoms in total. The molecule has 0 spiro atoms. The number of aldehydes is 1. The molecule has 0 saturated carbocycles. The number of rotatable bonds is 21. The molecule has 0 unspecified atom stereocenters. The first-order valence-electron chi connectivity index (χ1n) is 18.1. The van der Waals surface area contributed by atoms with Gasteiger partial charge >= 0.3 is 6.03 Å². The molecule has 1 heterocycles. The van der Waals surface area contributed by atoms with Crippen LogP contribution in [-0.2, 0) is 48.0 Å². The molecule has 0 fully saturated rings. The van der Waals surface area contributed by atoms with Crippen LogP contribution in [-0.4, -0.2) is 107 Å². The lowest BCUT2D eigenvalue weighted by molar-refractivity contribution is -0.143. The number of halogens is 1. The van der Waals surface area contributed by atoms with E-state index >= 15 is 0 Å². The fraction of sp³-hybridized carbons (Fsp3) is 0.395. The van der Waals surface area contributed by atoms with Crippen LogP contribution < -0.4 is 37.9 Å². The number of phenols is 1. The van der Waals surface area contributed by atoms with E-state index in [0.29, 0.717) is 48.1 Å². The number of phenolic OH excluding ortho intramolecular Hbond substituents is 1. The van der Waals surface area contributed by atoms with Crippen molar-refractivity contribution in [2.24, 2.45) is 5.73 Å². The molecule has 0 aliphatic carbocycles. The highest BCUT2D eigenvalue weighted by Crippen LogP contribution is 2.16. The largest absolute Gasteiger partial charge is 0.508 e. The van der Waals surface area contributed by atoms with Gasteiger partial charge in [-0.2, -0.15) is 0 Å². The first kappa shape index (κ1) is 45.5. The van der Waals surface area contributed by atoms with Crippen molar-refractivity contribution >= 4 is 53.2 Å². The normalized spacial score (nSPS) is 13.4. The predicted molar refractivity (Wildman–Crippen MR) is 208 cm³/mol. The van der Waals surface area contributed by atoms with E-state index in [1.807, 2.05) is 0 Å². The Morgan fingerprint density at radius 1 is 0.807 bits per heavy atom. The molecule has 19 heteroatoms. The van der Waals surface area contributed by atoms with Crippen LogP contribution in [0.25, 0.3) is 0 Å². The summed E-state index contributed by atoms with van der Waals surface area (Å²) in [5.74, 6) is -4.44. The standard InChI is InChI=1S/C38H49FN8O9S/c1-23(50)45-46-38(56)44-30(18-24-8-12-26(39)13-9-24)34(52)42-31(20-29-7-5-17-57-29)35(53)43-32(22-49)37(55)47(2)33(19-25-10-14-28(51)15-11-25)36(54)41-27(21-48)6-3-4-16-40/h5,7-15,17,21,27,30-33,49,51H,3-4,6,16,18-20,22,40H2,1-2H3,(H,41,54)(H,42,52)(H,43,53)(H,45,50)(H2,44,46,56)/t27-,30+,31+,32+,33+/m1/s1. The van der Waals surface area contributed by atoms with E-state index in [9.17, 15) is 48.2 Å². The number of hydrazine groups is 1. The molecule has 7 amide bonds. The summed E-state index contributed by atoms with van der Waals surface area (Å²) in [7, 11) is 1.30. The first-order chi connectivity index (χ1) is 27.2. The third-order valence-corrected chi connectivity index (χ3v) is 9.59. The van der Waals surface area contributed by atoms with Crippen LogP contribution >= 0.6 is 11.3 Å². The smallest absolute Gasteiger partial charge is 0.334 e. The molecular weight excluding hydrogens is 764 g/mol. The third kappa shape index (κ3) is 15.3. The van der Waals surface area contributed by atoms with Gasteiger partial charge in [-0.1, -0.05) is 30.3 Å². The maximum Gasteiger partial charge on any atom is 0.334 e. The summed E-state index contributed by atoms with van der Waals surface area (Å²) >= 11 is 1.28. The van der Waals surface area contributed by atoms with Gasteiger partial charge in [-0.15, -0.1) is 11.3 Å². The highest BCUT2D eigenvalue weighted by Gasteiger charge is 2.35. The van der Waals surface area contributed by atoms with E-state index in [-0.39, 0.29) is 25.0 Å². The van der Waals surface area contributed by atoms with Gasteiger partial charge in [-0.05, 0) is 72.6 Å². The molecule has 308 valence electrons. The van der Waals surface area contributed by atoms with E-state index in [4.69, 9.17) is 5.73 Å². The summed E-state index contributed by atoms with van der Waals surface area (Å²) in [5.41, 5.74) is 10.7. The zero-order chi connectivity index (χ0) is 41.9. The minimum atomic E-state index is -1.61. The molecule has 0 radical (unpaired) electrons. The number of carbonyl (C=O) groups excluding carboxylic acids is 7. The molecule has 5 atom stereocenters. The Hall–Kier alpha value is -5.92. The van der Waals surface area contributed by atoms with Crippen LogP contribution in [0.4, 0.5) is 9.18 Å². The highest BCUT2D eigenvalue weighted by atomic mass is 32.1. The van der Waals surface area contributed by atoms with Gasteiger partial charge in [-0.25, -0.2) is 14.6 Å². The highest BCUT2D eigenvalue weighted by molar-refractivity contribution is 7.09. The number of unbranched alkanes of at least 4 members (excludes halogenated alkanes) is 1. The van der Waals surface area contributed by atoms with Crippen molar-refractivity contribution in [2.45, 2.75) is 75.7 Å². The SMILES string of the molecule is CC(=O)NNC(=O)N[C@@H](Cc1ccc(F)cc1)C(=O)N[C@@H](Cc1cccs1)C(=O)N[C@@H](CO)C(=O)N(C)[C@@H](Cc1ccc(O)cc1)C(=O)N[C@@H](C=O)CCCCN. The Bertz CT molecular complexity index is 1800. The molecule has 57 heavy (non-hydrogen) atoms. The second-order valence-corrected chi connectivity index (χ2v) is 14.2. The van der Waals surface area contributed by atoms with Gasteiger partial charge in [0, 0.05) is 38.1 Å². The van der Waals surface area contributed by atoms with Crippen LogP contribution in [0, 0.1) is 5.82 Å².